The normalized spacial score (nSPS) is 11.0. The van der Waals surface area contributed by atoms with Crippen molar-refractivity contribution < 1.29 is 4.79 Å². The summed E-state index contributed by atoms with van der Waals surface area (Å²) in [5, 5.41) is 3.16. The summed E-state index contributed by atoms with van der Waals surface area (Å²) in [5.74, 6) is 0.769. The number of hydrogen-bond donors (Lipinski definition) is 1. The molecule has 0 atom stereocenters. The summed E-state index contributed by atoms with van der Waals surface area (Å²) >= 11 is 0. The van der Waals surface area contributed by atoms with Gasteiger partial charge in [0.1, 0.15) is 0 Å². The van der Waals surface area contributed by atoms with Crippen molar-refractivity contribution in [3.8, 4) is 0 Å². The van der Waals surface area contributed by atoms with Gasteiger partial charge in [-0.3, -0.25) is 4.79 Å². The zero-order chi connectivity index (χ0) is 17.1. The fourth-order valence-corrected chi connectivity index (χ4v) is 1.95. The van der Waals surface area contributed by atoms with E-state index in [4.69, 9.17) is 0 Å². The molecule has 126 valence electrons. The average Bonchev–Trinajstić information content (AvgIpc) is 2.55. The minimum Gasteiger partial charge on any atom is -0.347 e. The maximum atomic E-state index is 11.8. The molecule has 0 saturated heterocycles. The van der Waals surface area contributed by atoms with Crippen molar-refractivity contribution in [2.24, 2.45) is 4.99 Å². The number of benzene rings is 1. The molecule has 1 aromatic rings. The number of rotatable bonds is 8. The molecule has 23 heavy (non-hydrogen) atoms. The van der Waals surface area contributed by atoms with Crippen LogP contribution in [0.5, 0.6) is 0 Å². The van der Waals surface area contributed by atoms with Gasteiger partial charge in [0.25, 0.3) is 0 Å². The van der Waals surface area contributed by atoms with Crippen LogP contribution in [0.4, 0.5) is 0 Å². The van der Waals surface area contributed by atoms with E-state index in [-0.39, 0.29) is 12.5 Å². The number of guanidine groups is 1. The van der Waals surface area contributed by atoms with Crippen LogP contribution >= 0.6 is 0 Å². The minimum atomic E-state index is 0.0249. The van der Waals surface area contributed by atoms with Gasteiger partial charge in [-0.2, -0.15) is 0 Å². The molecule has 5 nitrogen and oxygen atoms in total. The summed E-state index contributed by atoms with van der Waals surface area (Å²) in [5.41, 5.74) is 1.14. The summed E-state index contributed by atoms with van der Waals surface area (Å²) in [4.78, 5) is 20.0. The summed E-state index contributed by atoms with van der Waals surface area (Å²) in [6.07, 6.45) is 3.89. The highest BCUT2D eigenvalue weighted by molar-refractivity contribution is 5.86. The van der Waals surface area contributed by atoms with Crippen molar-refractivity contribution in [1.29, 1.82) is 0 Å². The van der Waals surface area contributed by atoms with E-state index in [9.17, 15) is 4.79 Å². The molecular formula is C18H28N4O. The first-order valence-electron chi connectivity index (χ1n) is 7.89. The second kappa shape index (κ2) is 10.4. The average molecular weight is 316 g/mol. The Kier molecular flexibility index (Phi) is 8.50. The Morgan fingerprint density at radius 2 is 1.96 bits per heavy atom. The summed E-state index contributed by atoms with van der Waals surface area (Å²) < 4.78 is 0. The Hall–Kier alpha value is -2.30. The predicted molar refractivity (Wildman–Crippen MR) is 96.3 cm³/mol. The first-order valence-corrected chi connectivity index (χ1v) is 7.89. The van der Waals surface area contributed by atoms with Gasteiger partial charge in [0.2, 0.25) is 5.91 Å². The molecule has 0 bridgehead atoms. The molecule has 5 heteroatoms. The van der Waals surface area contributed by atoms with Gasteiger partial charge in [0, 0.05) is 27.7 Å². The predicted octanol–water partition coefficient (Wildman–Crippen LogP) is 2.12. The maximum Gasteiger partial charge on any atom is 0.241 e. The molecule has 1 N–H and O–H groups in total. The van der Waals surface area contributed by atoms with Gasteiger partial charge in [-0.25, -0.2) is 4.99 Å². The second-order valence-corrected chi connectivity index (χ2v) is 5.62. The Balaban J connectivity index is 2.69. The summed E-state index contributed by atoms with van der Waals surface area (Å²) in [7, 11) is 5.48. The molecule has 0 fully saturated rings. The number of carbonyl (C=O) groups is 1. The van der Waals surface area contributed by atoms with E-state index in [0.717, 1.165) is 30.9 Å². The number of aliphatic imine (C=N–C) groups is 1. The number of nitrogens with one attached hydrogen (secondary N) is 1. The molecule has 1 amide bonds. The number of hydrogen-bond acceptors (Lipinski definition) is 2. The van der Waals surface area contributed by atoms with E-state index >= 15 is 0 Å². The van der Waals surface area contributed by atoms with Crippen molar-refractivity contribution in [3.05, 3.63) is 48.6 Å². The smallest absolute Gasteiger partial charge is 0.241 e. The topological polar surface area (TPSA) is 47.9 Å². The number of carbonyl (C=O) groups excluding carboxylic acids is 1. The van der Waals surface area contributed by atoms with E-state index in [1.165, 1.54) is 0 Å². The van der Waals surface area contributed by atoms with Crippen LogP contribution < -0.4 is 5.32 Å². The van der Waals surface area contributed by atoms with E-state index in [0.29, 0.717) is 6.54 Å². The zero-order valence-electron chi connectivity index (χ0n) is 14.5. The third-order valence-corrected chi connectivity index (χ3v) is 3.41. The molecule has 1 aromatic carbocycles. The van der Waals surface area contributed by atoms with Gasteiger partial charge in [0.15, 0.2) is 5.96 Å². The number of amides is 1. The third kappa shape index (κ3) is 7.49. The monoisotopic (exact) mass is 316 g/mol. The molecule has 0 aliphatic rings. The largest absolute Gasteiger partial charge is 0.347 e. The van der Waals surface area contributed by atoms with E-state index in [2.05, 4.69) is 21.8 Å². The van der Waals surface area contributed by atoms with Crippen molar-refractivity contribution in [2.75, 3.05) is 34.2 Å². The van der Waals surface area contributed by atoms with Crippen LogP contribution in [-0.2, 0) is 11.3 Å². The fraction of sp³-hybridized carbons (Fsp3) is 0.444. The quantitative estimate of drug-likeness (QED) is 0.346. The van der Waals surface area contributed by atoms with Crippen LogP contribution in [0.25, 0.3) is 0 Å². The van der Waals surface area contributed by atoms with Crippen molar-refractivity contribution in [3.63, 3.8) is 0 Å². The highest BCUT2D eigenvalue weighted by Gasteiger charge is 2.09. The standard InChI is InChI=1S/C18H28N4O/c1-5-6-10-13-22(4)18(20-15-17(23)21(2)3)19-14-16-11-8-7-9-12-16/h5,7-9,11-12H,1,6,10,13-15H2,2-4H3,(H,19,20). The Morgan fingerprint density at radius 1 is 1.26 bits per heavy atom. The van der Waals surface area contributed by atoms with Crippen LogP contribution in [0.15, 0.2) is 48.0 Å². The number of likely N-dealkylation sites (N-methyl/N-ethyl adjacent to an activating group) is 1. The lowest BCUT2D eigenvalue weighted by atomic mass is 10.2. The van der Waals surface area contributed by atoms with E-state index in [1.54, 1.807) is 19.0 Å². The summed E-state index contributed by atoms with van der Waals surface area (Å²) in [6, 6.07) is 10.1. The highest BCUT2D eigenvalue weighted by atomic mass is 16.2. The molecule has 0 aliphatic heterocycles. The molecule has 0 unspecified atom stereocenters. The first kappa shape index (κ1) is 18.7. The SMILES string of the molecule is C=CCCCN(C)C(=NCc1ccccc1)NCC(=O)N(C)C. The molecule has 0 radical (unpaired) electrons. The van der Waals surface area contributed by atoms with Gasteiger partial charge in [-0.05, 0) is 18.4 Å². The Bertz CT molecular complexity index is 511. The molecule has 0 spiro atoms. The Morgan fingerprint density at radius 3 is 2.57 bits per heavy atom. The van der Waals surface area contributed by atoms with Crippen LogP contribution in [0.3, 0.4) is 0 Å². The lowest BCUT2D eigenvalue weighted by Crippen LogP contribution is -2.44. The zero-order valence-corrected chi connectivity index (χ0v) is 14.5. The second-order valence-electron chi connectivity index (χ2n) is 5.62. The van der Waals surface area contributed by atoms with E-state index < -0.39 is 0 Å². The first-order chi connectivity index (χ1) is 11.0. The molecule has 0 aliphatic carbocycles. The molecular weight excluding hydrogens is 288 g/mol. The van der Waals surface area contributed by atoms with Gasteiger partial charge < -0.3 is 15.1 Å². The Labute approximate surface area is 139 Å². The number of allylic oxidation sites excluding steroid dienone is 1. The third-order valence-electron chi connectivity index (χ3n) is 3.41. The van der Waals surface area contributed by atoms with Gasteiger partial charge in [-0.1, -0.05) is 36.4 Å². The minimum absolute atomic E-state index is 0.0249. The molecule has 0 heterocycles. The van der Waals surface area contributed by atoms with Gasteiger partial charge in [0.05, 0.1) is 13.1 Å². The molecule has 0 aromatic heterocycles. The highest BCUT2D eigenvalue weighted by Crippen LogP contribution is 2.02. The van der Waals surface area contributed by atoms with Crippen LogP contribution in [-0.4, -0.2) is 55.9 Å². The lowest BCUT2D eigenvalue weighted by Gasteiger charge is -2.23. The van der Waals surface area contributed by atoms with Crippen LogP contribution in [0.1, 0.15) is 18.4 Å². The number of unbranched alkanes of at least 4 members (excludes halogenated alkanes) is 1. The number of nitrogens with zero attached hydrogens (tertiary/aromatic N) is 3. The van der Waals surface area contributed by atoms with Crippen molar-refractivity contribution >= 4 is 11.9 Å². The van der Waals surface area contributed by atoms with Crippen LogP contribution in [0.2, 0.25) is 0 Å². The molecule has 0 saturated carbocycles. The van der Waals surface area contributed by atoms with Gasteiger partial charge in [-0.15, -0.1) is 6.58 Å². The van der Waals surface area contributed by atoms with Gasteiger partial charge >= 0.3 is 0 Å². The fourth-order valence-electron chi connectivity index (χ4n) is 1.95. The van der Waals surface area contributed by atoms with Crippen molar-refractivity contribution in [1.82, 2.24) is 15.1 Å². The van der Waals surface area contributed by atoms with E-state index in [1.807, 2.05) is 43.5 Å². The molecule has 1 rings (SSSR count). The lowest BCUT2D eigenvalue weighted by molar-refractivity contribution is -0.127. The van der Waals surface area contributed by atoms with Crippen LogP contribution in [0, 0.1) is 0 Å². The summed E-state index contributed by atoms with van der Waals surface area (Å²) in [6.45, 7) is 5.44. The maximum absolute atomic E-state index is 11.8. The van der Waals surface area contributed by atoms with Crippen molar-refractivity contribution in [2.45, 2.75) is 19.4 Å².